The lowest BCUT2D eigenvalue weighted by molar-refractivity contribution is 0.818. The Labute approximate surface area is 33.4 Å². The molecule has 0 amide bonds. The van der Waals surface area contributed by atoms with Gasteiger partial charge in [-0.3, -0.25) is 0 Å². The predicted molar refractivity (Wildman–Crippen MR) is 18.6 cm³/mol. The van der Waals surface area contributed by atoms with Gasteiger partial charge in [-0.25, -0.2) is 0 Å². The van der Waals surface area contributed by atoms with Crippen molar-refractivity contribution in [1.82, 2.24) is 0 Å². The van der Waals surface area contributed by atoms with Crippen LogP contribution in [-0.4, -0.2) is 5.42 Å². The number of nitrogens with zero attached hydrogens (tertiary/aromatic N) is 1. The van der Waals surface area contributed by atoms with Crippen LogP contribution in [0.25, 0.3) is 0 Å². The molecule has 0 atom stereocenters. The zero-order valence-electron chi connectivity index (χ0n) is 2.28. The van der Waals surface area contributed by atoms with Crippen molar-refractivity contribution in [2.45, 2.75) is 0 Å². The minimum atomic E-state index is -1.12. The standard InChI is InChI=1S/CH2ClFN2/c2-1(3)5-4/h4H2. The first-order chi connectivity index (χ1) is 2.27. The molecule has 4 heteroatoms. The van der Waals surface area contributed by atoms with E-state index in [2.05, 4.69) is 22.5 Å². The van der Waals surface area contributed by atoms with Gasteiger partial charge in [-0.05, 0) is 11.6 Å². The van der Waals surface area contributed by atoms with Crippen LogP contribution in [0.5, 0.6) is 0 Å². The molecule has 0 fully saturated rings. The molecule has 0 aromatic carbocycles. The monoisotopic (exact) mass is 96.0 g/mol. The van der Waals surface area contributed by atoms with Gasteiger partial charge in [0, 0.05) is 0 Å². The van der Waals surface area contributed by atoms with Gasteiger partial charge in [0.2, 0.25) is 0 Å². The van der Waals surface area contributed by atoms with Crippen molar-refractivity contribution in [3.05, 3.63) is 0 Å². The van der Waals surface area contributed by atoms with Crippen molar-refractivity contribution in [3.63, 3.8) is 0 Å². The lowest BCUT2D eigenvalue weighted by Crippen LogP contribution is -1.81. The maximum Gasteiger partial charge on any atom is 0.298 e. The Morgan fingerprint density at radius 3 is 2.20 bits per heavy atom. The topological polar surface area (TPSA) is 38.4 Å². The SMILES string of the molecule is NN=C(F)Cl. The molecule has 0 aliphatic heterocycles. The summed E-state index contributed by atoms with van der Waals surface area (Å²) in [7, 11) is 0. The van der Waals surface area contributed by atoms with Crippen molar-refractivity contribution in [1.29, 1.82) is 0 Å². The van der Waals surface area contributed by atoms with Crippen LogP contribution in [0.1, 0.15) is 0 Å². The van der Waals surface area contributed by atoms with Crippen molar-refractivity contribution >= 4 is 17.0 Å². The summed E-state index contributed by atoms with van der Waals surface area (Å²) in [6, 6.07) is 0. The second-order valence-electron chi connectivity index (χ2n) is 0.370. The molecule has 0 rings (SSSR count). The maximum atomic E-state index is 10.8. The molecule has 0 radical (unpaired) electrons. The summed E-state index contributed by atoms with van der Waals surface area (Å²) in [6.07, 6.45) is 0. The lowest BCUT2D eigenvalue weighted by atomic mass is 11.6. The third-order valence-corrected chi connectivity index (χ3v) is 0.195. The molecular formula is CH2ClFN2. The second-order valence-corrected chi connectivity index (χ2v) is 0.681. The summed E-state index contributed by atoms with van der Waals surface area (Å²) in [5.74, 6) is 4.25. The summed E-state index contributed by atoms with van der Waals surface area (Å²) in [5, 5.41) is 2.40. The van der Waals surface area contributed by atoms with Crippen LogP contribution in [-0.2, 0) is 0 Å². The van der Waals surface area contributed by atoms with E-state index >= 15 is 0 Å². The molecule has 0 aromatic heterocycles. The van der Waals surface area contributed by atoms with E-state index in [9.17, 15) is 4.39 Å². The number of rotatable bonds is 0. The molecule has 2 N–H and O–H groups in total. The fourth-order valence-electron chi connectivity index (χ4n) is 0. The number of hydrogen-bond donors (Lipinski definition) is 1. The third-order valence-electron chi connectivity index (χ3n) is 0.0976. The molecule has 0 aliphatic rings. The fourth-order valence-corrected chi connectivity index (χ4v) is 0. The van der Waals surface area contributed by atoms with Crippen LogP contribution < -0.4 is 5.84 Å². The van der Waals surface area contributed by atoms with Crippen LogP contribution >= 0.6 is 11.6 Å². The molecule has 0 saturated carbocycles. The molecular weight excluding hydrogens is 94.5 g/mol. The molecule has 0 aromatic rings. The maximum absolute atomic E-state index is 10.8. The highest BCUT2D eigenvalue weighted by molar-refractivity contribution is 6.62. The Balaban J connectivity index is 3.14. The van der Waals surface area contributed by atoms with E-state index in [0.717, 1.165) is 0 Å². The summed E-state index contributed by atoms with van der Waals surface area (Å²) >= 11 is 4.42. The summed E-state index contributed by atoms with van der Waals surface area (Å²) in [5.41, 5.74) is -1.12. The van der Waals surface area contributed by atoms with Gasteiger partial charge < -0.3 is 5.84 Å². The van der Waals surface area contributed by atoms with Gasteiger partial charge in [-0.2, -0.15) is 4.39 Å². The van der Waals surface area contributed by atoms with Gasteiger partial charge in [0.15, 0.2) is 0 Å². The Bertz CT molecular complexity index is 47.6. The van der Waals surface area contributed by atoms with Crippen molar-refractivity contribution < 1.29 is 4.39 Å². The zero-order valence-corrected chi connectivity index (χ0v) is 3.04. The molecule has 30 valence electrons. The van der Waals surface area contributed by atoms with E-state index in [4.69, 9.17) is 0 Å². The number of hydrogen-bond acceptors (Lipinski definition) is 2. The van der Waals surface area contributed by atoms with Crippen LogP contribution in [0.3, 0.4) is 0 Å². The molecule has 5 heavy (non-hydrogen) atoms. The van der Waals surface area contributed by atoms with Gasteiger partial charge in [-0.15, -0.1) is 5.10 Å². The smallest absolute Gasteiger partial charge is 0.298 e. The van der Waals surface area contributed by atoms with E-state index in [1.54, 1.807) is 0 Å². The largest absolute Gasteiger partial charge is 0.320 e. The predicted octanol–water partition coefficient (Wildman–Crippen LogP) is 0.424. The summed E-state index contributed by atoms with van der Waals surface area (Å²) < 4.78 is 10.8. The molecule has 0 bridgehead atoms. The lowest BCUT2D eigenvalue weighted by Gasteiger charge is -1.65. The van der Waals surface area contributed by atoms with Crippen molar-refractivity contribution in [2.24, 2.45) is 10.9 Å². The Hall–Kier alpha value is -0.310. The highest BCUT2D eigenvalue weighted by Crippen LogP contribution is 1.78. The Morgan fingerprint density at radius 1 is 2.00 bits per heavy atom. The van der Waals surface area contributed by atoms with E-state index in [1.165, 1.54) is 0 Å². The number of halogens is 2. The van der Waals surface area contributed by atoms with Gasteiger partial charge in [0.1, 0.15) is 0 Å². The Kier molecular flexibility index (Phi) is 1.84. The molecule has 0 unspecified atom stereocenters. The number of hydrazone groups is 1. The van der Waals surface area contributed by atoms with Gasteiger partial charge in [0.05, 0.1) is 0 Å². The average molecular weight is 96.5 g/mol. The molecule has 0 heterocycles. The van der Waals surface area contributed by atoms with E-state index in [-0.39, 0.29) is 0 Å². The molecule has 0 aliphatic carbocycles. The van der Waals surface area contributed by atoms with Gasteiger partial charge >= 0.3 is 0 Å². The number of nitrogens with two attached hydrogens (primary N) is 1. The van der Waals surface area contributed by atoms with Crippen LogP contribution in [0.4, 0.5) is 4.39 Å². The summed E-state index contributed by atoms with van der Waals surface area (Å²) in [4.78, 5) is 0. The second kappa shape index (κ2) is 1.96. The molecule has 2 nitrogen and oxygen atoms in total. The average Bonchev–Trinajstić information content (AvgIpc) is 1.38. The van der Waals surface area contributed by atoms with Crippen LogP contribution in [0.2, 0.25) is 0 Å². The van der Waals surface area contributed by atoms with Crippen molar-refractivity contribution in [2.75, 3.05) is 0 Å². The first-order valence-electron chi connectivity index (χ1n) is 0.860. The fraction of sp³-hybridized carbons (Fsp3) is 0. The zero-order chi connectivity index (χ0) is 4.28. The first-order valence-corrected chi connectivity index (χ1v) is 1.24. The summed E-state index contributed by atoms with van der Waals surface area (Å²) in [6.45, 7) is 0. The molecule has 0 saturated heterocycles. The van der Waals surface area contributed by atoms with Gasteiger partial charge in [-0.1, -0.05) is 0 Å². The van der Waals surface area contributed by atoms with Crippen molar-refractivity contribution in [3.8, 4) is 0 Å². The van der Waals surface area contributed by atoms with E-state index in [0.29, 0.717) is 0 Å². The van der Waals surface area contributed by atoms with Gasteiger partial charge in [0.25, 0.3) is 5.42 Å². The molecule has 0 spiro atoms. The minimum absolute atomic E-state index is 1.12. The minimum Gasteiger partial charge on any atom is -0.320 e. The third kappa shape index (κ3) is 3.69. The quantitative estimate of drug-likeness (QED) is 0.265. The van der Waals surface area contributed by atoms with Crippen LogP contribution in [0, 0.1) is 0 Å². The highest BCUT2D eigenvalue weighted by Gasteiger charge is 1.74. The highest BCUT2D eigenvalue weighted by atomic mass is 35.5. The normalized spacial score (nSPS) is 12.0. The van der Waals surface area contributed by atoms with Crippen LogP contribution in [0.15, 0.2) is 5.10 Å². The van der Waals surface area contributed by atoms with E-state index < -0.39 is 5.42 Å². The Morgan fingerprint density at radius 2 is 2.20 bits per heavy atom. The van der Waals surface area contributed by atoms with E-state index in [1.807, 2.05) is 0 Å². The first kappa shape index (κ1) is 4.69.